The highest BCUT2D eigenvalue weighted by atomic mass is 35.5. The minimum absolute atomic E-state index is 0.541. The lowest BCUT2D eigenvalue weighted by atomic mass is 10.1. The first-order valence-electron chi connectivity index (χ1n) is 9.60. The van der Waals surface area contributed by atoms with Crippen LogP contribution in [0.25, 0.3) is 22.2 Å². The van der Waals surface area contributed by atoms with Crippen molar-refractivity contribution in [2.24, 2.45) is 11.8 Å². The second-order valence-electron chi connectivity index (χ2n) is 7.94. The Hall–Kier alpha value is -1.78. The number of H-pyrrole nitrogens is 1. The largest absolute Gasteiger partial charge is 0.366 e. The van der Waals surface area contributed by atoms with E-state index in [2.05, 4.69) is 17.2 Å². The number of hydrogen-bond acceptors (Lipinski definition) is 3. The zero-order valence-corrected chi connectivity index (χ0v) is 17.0. The predicted octanol–water partition coefficient (Wildman–Crippen LogP) is 6.15. The molecule has 0 saturated heterocycles. The molecule has 2 aliphatic carbocycles. The van der Waals surface area contributed by atoms with Crippen molar-refractivity contribution < 1.29 is 0 Å². The lowest BCUT2D eigenvalue weighted by molar-refractivity contribution is 0.566. The quantitative estimate of drug-likeness (QED) is 0.539. The maximum absolute atomic E-state index is 6.47. The standard InChI is InChI=1S/C21H22Cl2N4/c1-10-17-20(19(24-10)15-8-7-14(22)9-16(15)23)25-11(2)26-21(17)27-18(12-3-4-12)13-5-6-13/h7-9,12-13,18,24H,3-6H2,1-2H3,(H,25,26,27). The van der Waals surface area contributed by atoms with Crippen molar-refractivity contribution in [3.05, 3.63) is 39.8 Å². The number of fused-ring (bicyclic) bond motifs is 1. The van der Waals surface area contributed by atoms with E-state index in [4.69, 9.17) is 33.2 Å². The van der Waals surface area contributed by atoms with Gasteiger partial charge in [0, 0.05) is 22.3 Å². The van der Waals surface area contributed by atoms with Gasteiger partial charge in [0.2, 0.25) is 0 Å². The number of hydrogen-bond donors (Lipinski definition) is 2. The molecule has 4 nitrogen and oxygen atoms in total. The van der Waals surface area contributed by atoms with E-state index >= 15 is 0 Å². The van der Waals surface area contributed by atoms with Crippen molar-refractivity contribution in [2.45, 2.75) is 45.6 Å². The molecular formula is C21H22Cl2N4. The second-order valence-corrected chi connectivity index (χ2v) is 8.78. The number of anilines is 1. The minimum Gasteiger partial charge on any atom is -0.366 e. The number of nitrogens with one attached hydrogen (secondary N) is 2. The smallest absolute Gasteiger partial charge is 0.139 e. The van der Waals surface area contributed by atoms with Crippen LogP contribution in [0.1, 0.15) is 37.2 Å². The van der Waals surface area contributed by atoms with E-state index in [0.717, 1.165) is 51.3 Å². The van der Waals surface area contributed by atoms with Crippen molar-refractivity contribution in [1.82, 2.24) is 15.0 Å². The van der Waals surface area contributed by atoms with Gasteiger partial charge in [-0.1, -0.05) is 23.2 Å². The molecule has 2 N–H and O–H groups in total. The molecule has 0 amide bonds. The molecule has 1 aromatic carbocycles. The molecule has 6 heteroatoms. The molecule has 5 rings (SSSR count). The second kappa shape index (κ2) is 6.39. The third kappa shape index (κ3) is 3.19. The molecule has 0 bridgehead atoms. The van der Waals surface area contributed by atoms with E-state index in [-0.39, 0.29) is 0 Å². The van der Waals surface area contributed by atoms with Gasteiger partial charge < -0.3 is 10.3 Å². The molecule has 140 valence electrons. The number of aromatic nitrogens is 3. The Morgan fingerprint density at radius 2 is 1.78 bits per heavy atom. The van der Waals surface area contributed by atoms with Crippen LogP contribution in [0.3, 0.4) is 0 Å². The summed E-state index contributed by atoms with van der Waals surface area (Å²) in [5, 5.41) is 6.10. The van der Waals surface area contributed by atoms with Crippen LogP contribution in [-0.2, 0) is 0 Å². The van der Waals surface area contributed by atoms with E-state index in [9.17, 15) is 0 Å². The van der Waals surface area contributed by atoms with E-state index in [0.29, 0.717) is 16.1 Å². The number of rotatable bonds is 5. The van der Waals surface area contributed by atoms with E-state index < -0.39 is 0 Å². The van der Waals surface area contributed by atoms with Crippen molar-refractivity contribution in [2.75, 3.05) is 5.32 Å². The van der Waals surface area contributed by atoms with Gasteiger partial charge in [0.05, 0.1) is 16.1 Å². The van der Waals surface area contributed by atoms with Crippen molar-refractivity contribution >= 4 is 39.9 Å². The highest BCUT2D eigenvalue weighted by molar-refractivity contribution is 6.36. The van der Waals surface area contributed by atoms with E-state index in [1.54, 1.807) is 6.07 Å². The summed E-state index contributed by atoms with van der Waals surface area (Å²) >= 11 is 12.6. The Morgan fingerprint density at radius 3 is 2.41 bits per heavy atom. The molecule has 0 radical (unpaired) electrons. The molecule has 2 heterocycles. The zero-order valence-electron chi connectivity index (χ0n) is 15.4. The van der Waals surface area contributed by atoms with Gasteiger partial charge >= 0.3 is 0 Å². The third-order valence-electron chi connectivity index (χ3n) is 5.71. The van der Waals surface area contributed by atoms with Crippen molar-refractivity contribution in [3.63, 3.8) is 0 Å². The fourth-order valence-electron chi connectivity index (χ4n) is 4.10. The molecule has 27 heavy (non-hydrogen) atoms. The molecule has 0 spiro atoms. The molecule has 2 saturated carbocycles. The molecular weight excluding hydrogens is 379 g/mol. The topological polar surface area (TPSA) is 53.6 Å². The predicted molar refractivity (Wildman–Crippen MR) is 112 cm³/mol. The van der Waals surface area contributed by atoms with Crippen LogP contribution < -0.4 is 5.32 Å². The highest BCUT2D eigenvalue weighted by Gasteiger charge is 2.42. The molecule has 2 aromatic heterocycles. The maximum atomic E-state index is 6.47. The lowest BCUT2D eigenvalue weighted by Crippen LogP contribution is -2.25. The Balaban J connectivity index is 1.64. The monoisotopic (exact) mass is 400 g/mol. The van der Waals surface area contributed by atoms with Crippen LogP contribution in [0.5, 0.6) is 0 Å². The minimum atomic E-state index is 0.541. The van der Waals surface area contributed by atoms with Crippen LogP contribution in [-0.4, -0.2) is 21.0 Å². The molecule has 3 aromatic rings. The summed E-state index contributed by atoms with van der Waals surface area (Å²) in [4.78, 5) is 13.0. The van der Waals surface area contributed by atoms with Gasteiger partial charge in [0.15, 0.2) is 0 Å². The number of halogens is 2. The maximum Gasteiger partial charge on any atom is 0.139 e. The van der Waals surface area contributed by atoms with Gasteiger partial charge in [0.25, 0.3) is 0 Å². The van der Waals surface area contributed by atoms with Crippen molar-refractivity contribution in [1.29, 1.82) is 0 Å². The first kappa shape index (κ1) is 17.3. The molecule has 0 atom stereocenters. The van der Waals surface area contributed by atoms with Crippen LogP contribution in [0.15, 0.2) is 18.2 Å². The molecule has 0 aliphatic heterocycles. The first-order chi connectivity index (χ1) is 13.0. The summed E-state index contributed by atoms with van der Waals surface area (Å²) in [6, 6.07) is 6.11. The number of nitrogens with zero attached hydrogens (tertiary/aromatic N) is 2. The summed E-state index contributed by atoms with van der Waals surface area (Å²) < 4.78 is 0. The fraction of sp³-hybridized carbons (Fsp3) is 0.429. The van der Waals surface area contributed by atoms with Crippen LogP contribution >= 0.6 is 23.2 Å². The molecule has 0 unspecified atom stereocenters. The van der Waals surface area contributed by atoms with Crippen LogP contribution in [0.2, 0.25) is 10.0 Å². The Morgan fingerprint density at radius 1 is 1.07 bits per heavy atom. The molecule has 2 fully saturated rings. The van der Waals surface area contributed by atoms with Crippen LogP contribution in [0.4, 0.5) is 5.82 Å². The van der Waals surface area contributed by atoms with Gasteiger partial charge in [-0.15, -0.1) is 0 Å². The normalized spacial score (nSPS) is 17.1. The summed E-state index contributed by atoms with van der Waals surface area (Å²) in [6.07, 6.45) is 5.33. The average Bonchev–Trinajstić information content (AvgIpc) is 3.52. The number of aromatic amines is 1. The van der Waals surface area contributed by atoms with Gasteiger partial charge in [-0.25, -0.2) is 9.97 Å². The molecule has 2 aliphatic rings. The van der Waals surface area contributed by atoms with E-state index in [1.807, 2.05) is 19.1 Å². The summed E-state index contributed by atoms with van der Waals surface area (Å²) in [6.45, 7) is 4.02. The lowest BCUT2D eigenvalue weighted by Gasteiger charge is -2.19. The third-order valence-corrected chi connectivity index (χ3v) is 6.26. The van der Waals surface area contributed by atoms with Crippen LogP contribution in [0, 0.1) is 25.7 Å². The number of benzene rings is 1. The van der Waals surface area contributed by atoms with Crippen molar-refractivity contribution in [3.8, 4) is 11.3 Å². The SMILES string of the molecule is Cc1nc(NC(C2CC2)C2CC2)c2c(C)[nH]c(-c3ccc(Cl)cc3Cl)c2n1. The zero-order chi connectivity index (χ0) is 18.7. The average molecular weight is 401 g/mol. The Labute approximate surface area is 168 Å². The van der Waals surface area contributed by atoms with Gasteiger partial charge in [-0.3, -0.25) is 0 Å². The summed E-state index contributed by atoms with van der Waals surface area (Å²) in [7, 11) is 0. The fourth-order valence-corrected chi connectivity index (χ4v) is 4.60. The Bertz CT molecular complexity index is 1020. The number of aryl methyl sites for hydroxylation is 2. The van der Waals surface area contributed by atoms with E-state index in [1.165, 1.54) is 25.7 Å². The van der Waals surface area contributed by atoms with Gasteiger partial charge in [-0.2, -0.15) is 0 Å². The van der Waals surface area contributed by atoms with Gasteiger partial charge in [-0.05, 0) is 69.6 Å². The Kier molecular flexibility index (Phi) is 4.10. The summed E-state index contributed by atoms with van der Waals surface area (Å²) in [5.74, 6) is 3.31. The summed E-state index contributed by atoms with van der Waals surface area (Å²) in [5.41, 5.74) is 3.80. The highest BCUT2D eigenvalue weighted by Crippen LogP contribution is 2.46. The van der Waals surface area contributed by atoms with Gasteiger partial charge in [0.1, 0.15) is 17.2 Å². The first-order valence-corrected chi connectivity index (χ1v) is 10.4.